The quantitative estimate of drug-likeness (QED) is 0.0832. The monoisotopic (exact) mass is 839 g/mol. The molecule has 1 aromatic heterocycles. The minimum atomic E-state index is -1.25. The summed E-state index contributed by atoms with van der Waals surface area (Å²) in [5.41, 5.74) is 5.28. The van der Waals surface area contributed by atoms with E-state index in [-0.39, 0.29) is 48.9 Å². The molecule has 3 aromatic carbocycles. The minimum absolute atomic E-state index is 0. The Bertz CT molecular complexity index is 1740. The Morgan fingerprint density at radius 1 is 0.896 bits per heavy atom. The van der Waals surface area contributed by atoms with E-state index in [1.807, 2.05) is 33.9 Å². The van der Waals surface area contributed by atoms with Gasteiger partial charge < -0.3 is 5.11 Å². The molecule has 259 valence electrons. The number of rotatable bonds is 8. The summed E-state index contributed by atoms with van der Waals surface area (Å²) in [4.78, 5) is 16.6. The molecular weight excluding hydrogens is 783 g/mol. The average Bonchev–Trinajstić information content (AvgIpc) is 3.53. The smallest absolute Gasteiger partial charge is 0.162 e. The molecule has 0 aliphatic carbocycles. The van der Waals surface area contributed by atoms with Crippen LogP contribution in [-0.4, -0.2) is 23.9 Å². The molecule has 0 atom stereocenters. The van der Waals surface area contributed by atoms with Gasteiger partial charge in [-0.25, -0.2) is 0 Å². The maximum atomic E-state index is 11.7. The number of aliphatic hydroxyl groups excluding tert-OH is 1. The number of aromatic nitrogens is 1. The van der Waals surface area contributed by atoms with E-state index in [1.165, 1.54) is 77.0 Å². The van der Waals surface area contributed by atoms with E-state index in [4.69, 9.17) is 4.98 Å². The molecule has 1 spiro atoms. The van der Waals surface area contributed by atoms with Gasteiger partial charge in [-0.15, -0.1) is 29.1 Å². The number of hydrogen-bond donors (Lipinski definition) is 1. The van der Waals surface area contributed by atoms with Crippen molar-refractivity contribution in [1.29, 1.82) is 0 Å². The van der Waals surface area contributed by atoms with E-state index < -0.39 is 8.07 Å². The van der Waals surface area contributed by atoms with Gasteiger partial charge in [0, 0.05) is 49.9 Å². The van der Waals surface area contributed by atoms with Crippen LogP contribution in [0.2, 0.25) is 18.1 Å². The Morgan fingerprint density at radius 2 is 1.54 bits per heavy atom. The van der Waals surface area contributed by atoms with Gasteiger partial charge in [-0.3, -0.25) is 9.78 Å². The van der Waals surface area contributed by atoms with Gasteiger partial charge in [0.25, 0.3) is 0 Å². The molecule has 1 N–H and O–H groups in total. The summed E-state index contributed by atoms with van der Waals surface area (Å²) in [5, 5.41) is 16.7. The Labute approximate surface area is 304 Å². The third-order valence-corrected chi connectivity index (χ3v) is 16.7. The van der Waals surface area contributed by atoms with Crippen molar-refractivity contribution in [1.82, 2.24) is 4.98 Å². The fourth-order valence-corrected chi connectivity index (χ4v) is 13.9. The van der Waals surface area contributed by atoms with Crippen LogP contribution in [0.3, 0.4) is 0 Å². The van der Waals surface area contributed by atoms with E-state index in [1.54, 1.807) is 10.8 Å². The SMILES string of the molecule is CC(C)(C)c1cc(-c2nccc3cc4c(cc23)CCC[Si]42CCCC2)[c-]c2ccccc12.CCC(CC)C(=O)/C=C(\O)C(CC)CC.[Ir]. The first kappa shape index (κ1) is 38.2. The van der Waals surface area contributed by atoms with Crippen LogP contribution in [0, 0.1) is 17.9 Å². The predicted molar refractivity (Wildman–Crippen MR) is 203 cm³/mol. The zero-order chi connectivity index (χ0) is 33.8. The number of carbonyl (C=O) groups is 1. The molecule has 3 nitrogen and oxygen atoms in total. The van der Waals surface area contributed by atoms with Crippen molar-refractivity contribution < 1.29 is 30.0 Å². The van der Waals surface area contributed by atoms with E-state index >= 15 is 0 Å². The van der Waals surface area contributed by atoms with Crippen LogP contribution < -0.4 is 5.19 Å². The minimum Gasteiger partial charge on any atom is -0.512 e. The third kappa shape index (κ3) is 8.06. The van der Waals surface area contributed by atoms with Crippen molar-refractivity contribution in [3.8, 4) is 11.3 Å². The largest absolute Gasteiger partial charge is 0.512 e. The summed E-state index contributed by atoms with van der Waals surface area (Å²) in [7, 11) is -1.25. The topological polar surface area (TPSA) is 50.2 Å². The van der Waals surface area contributed by atoms with Crippen LogP contribution in [0.15, 0.2) is 66.6 Å². The molecule has 3 heterocycles. The molecule has 6 rings (SSSR count). The molecule has 5 heteroatoms. The number of benzene rings is 3. The maximum Gasteiger partial charge on any atom is 0.162 e. The van der Waals surface area contributed by atoms with Gasteiger partial charge in [-0.1, -0.05) is 132 Å². The van der Waals surface area contributed by atoms with Crippen LogP contribution in [0.1, 0.15) is 105 Å². The molecule has 0 amide bonds. The second kappa shape index (κ2) is 16.4. The van der Waals surface area contributed by atoms with Crippen molar-refractivity contribution >= 4 is 40.6 Å². The number of ketones is 1. The third-order valence-electron chi connectivity index (χ3n) is 11.1. The second-order valence-corrected chi connectivity index (χ2v) is 19.7. The fraction of sp³-hybridized carbons (Fsp3) is 0.488. The van der Waals surface area contributed by atoms with Gasteiger partial charge in [0.1, 0.15) is 0 Å². The molecule has 0 saturated carbocycles. The summed E-state index contributed by atoms with van der Waals surface area (Å²) in [6.07, 6.45) is 12.4. The van der Waals surface area contributed by atoms with Gasteiger partial charge >= 0.3 is 0 Å². The zero-order valence-corrected chi connectivity index (χ0v) is 33.7. The van der Waals surface area contributed by atoms with Crippen LogP contribution in [0.4, 0.5) is 0 Å². The summed E-state index contributed by atoms with van der Waals surface area (Å²) in [5.74, 6) is 0.547. The molecule has 0 unspecified atom stereocenters. The number of fused-ring (bicyclic) bond motifs is 4. The number of pyridine rings is 1. The number of carbonyl (C=O) groups excluding carboxylic acids is 1. The molecule has 1 saturated heterocycles. The summed E-state index contributed by atoms with van der Waals surface area (Å²) >= 11 is 0. The van der Waals surface area contributed by atoms with Gasteiger partial charge in [0.2, 0.25) is 0 Å². The number of nitrogens with zero attached hydrogens (tertiary/aromatic N) is 1. The Hall–Kier alpha value is -2.59. The normalized spacial score (nSPS) is 15.8. The van der Waals surface area contributed by atoms with Crippen molar-refractivity contribution in [2.24, 2.45) is 11.8 Å². The molecule has 1 fully saturated rings. The fourth-order valence-electron chi connectivity index (χ4n) is 8.26. The number of allylic oxidation sites excluding steroid dienone is 2. The van der Waals surface area contributed by atoms with E-state index in [0.29, 0.717) is 0 Å². The summed E-state index contributed by atoms with van der Waals surface area (Å²) < 4.78 is 0. The van der Waals surface area contributed by atoms with Crippen LogP contribution in [0.25, 0.3) is 32.8 Å². The number of aliphatic hydroxyl groups is 1. The first-order valence-electron chi connectivity index (χ1n) is 18.4. The van der Waals surface area contributed by atoms with Crippen LogP contribution >= 0.6 is 0 Å². The number of aryl methyl sites for hydroxylation is 1. The Kier molecular flexibility index (Phi) is 13.1. The maximum absolute atomic E-state index is 11.7. The summed E-state index contributed by atoms with van der Waals surface area (Å²) in [6.45, 7) is 15.0. The van der Waals surface area contributed by atoms with Crippen LogP contribution in [-0.2, 0) is 36.7 Å². The standard InChI is InChI=1S/C30H32NSi.C13H24O2.Ir/c1-30(2,3)27-19-24(17-21-9-4-5-11-25(21)27)29-26-18-23-10-8-16-32(14-6-7-15-32)28(23)20-22(26)12-13-31-29;1-5-10(6-2)12(14)9-13(15)11(7-3)8-4;/h4-5,9,11-13,18-20H,6-8,10,14-16H2,1-3H3;9-11,14H,5-8H2,1-4H3;/q-1;;/b;12-9-;. The molecule has 48 heavy (non-hydrogen) atoms. The van der Waals surface area contributed by atoms with Gasteiger partial charge in [0.05, 0.1) is 13.8 Å². The van der Waals surface area contributed by atoms with Gasteiger partial charge in [-0.2, -0.15) is 0 Å². The van der Waals surface area contributed by atoms with Crippen LogP contribution in [0.5, 0.6) is 0 Å². The zero-order valence-electron chi connectivity index (χ0n) is 30.3. The molecule has 1 radical (unpaired) electrons. The van der Waals surface area contributed by atoms with Gasteiger partial charge in [0.15, 0.2) is 5.78 Å². The van der Waals surface area contributed by atoms with Gasteiger partial charge in [-0.05, 0) is 59.9 Å². The van der Waals surface area contributed by atoms with Crippen molar-refractivity contribution in [2.75, 3.05) is 0 Å². The Balaban J connectivity index is 0.000000279. The first-order chi connectivity index (χ1) is 22.5. The van der Waals surface area contributed by atoms with E-state index in [0.717, 1.165) is 36.9 Å². The molecule has 2 aliphatic rings. The number of hydrogen-bond acceptors (Lipinski definition) is 3. The van der Waals surface area contributed by atoms with E-state index in [2.05, 4.69) is 75.4 Å². The van der Waals surface area contributed by atoms with Crippen molar-refractivity contribution in [3.05, 3.63) is 83.8 Å². The molecule has 0 bridgehead atoms. The second-order valence-electron chi connectivity index (χ2n) is 15.1. The van der Waals surface area contributed by atoms with Crippen molar-refractivity contribution in [2.45, 2.75) is 123 Å². The van der Waals surface area contributed by atoms with Crippen molar-refractivity contribution in [3.63, 3.8) is 0 Å². The molecular formula is C43H56IrNO2Si-. The Morgan fingerprint density at radius 3 is 2.19 bits per heavy atom. The van der Waals surface area contributed by atoms with E-state index in [9.17, 15) is 9.90 Å². The first-order valence-corrected chi connectivity index (χ1v) is 21.0. The summed E-state index contributed by atoms with van der Waals surface area (Å²) in [6, 6.07) is 26.6. The molecule has 4 aromatic rings. The average molecular weight is 839 g/mol. The predicted octanol–water partition coefficient (Wildman–Crippen LogP) is 11.4. The molecule has 2 aliphatic heterocycles.